The number of hydrogen-bond donors (Lipinski definition) is 0. The third-order valence-corrected chi connectivity index (χ3v) is 5.32. The van der Waals surface area contributed by atoms with Crippen molar-refractivity contribution >= 4 is 15.9 Å². The van der Waals surface area contributed by atoms with Crippen LogP contribution in [-0.2, 0) is 4.74 Å². The molecule has 2 atom stereocenters. The topological polar surface area (TPSA) is 9.23 Å². The monoisotopic (exact) mass is 260 g/mol. The van der Waals surface area contributed by atoms with E-state index in [0.717, 1.165) is 11.2 Å². The fourth-order valence-corrected chi connectivity index (χ4v) is 3.49. The number of halogens is 1. The Bertz CT molecular complexity index is 212. The number of alkyl halides is 1. The van der Waals surface area contributed by atoms with Gasteiger partial charge in [0.1, 0.15) is 0 Å². The van der Waals surface area contributed by atoms with E-state index in [0.29, 0.717) is 0 Å². The van der Waals surface area contributed by atoms with Gasteiger partial charge >= 0.3 is 0 Å². The number of hydrogen-bond acceptors (Lipinski definition) is 1. The summed E-state index contributed by atoms with van der Waals surface area (Å²) in [7, 11) is 0. The summed E-state index contributed by atoms with van der Waals surface area (Å²) in [5, 5.41) is 0.975. The molecular weight excluding hydrogens is 240 g/mol. The van der Waals surface area contributed by atoms with Crippen molar-refractivity contribution in [2.24, 2.45) is 5.92 Å². The van der Waals surface area contributed by atoms with Gasteiger partial charge < -0.3 is 4.74 Å². The van der Waals surface area contributed by atoms with Crippen molar-refractivity contribution in [3.63, 3.8) is 0 Å². The Hall–Kier alpha value is 0.440. The highest BCUT2D eigenvalue weighted by Crippen LogP contribution is 2.47. The van der Waals surface area contributed by atoms with E-state index in [1.807, 2.05) is 0 Å². The van der Waals surface area contributed by atoms with Crippen molar-refractivity contribution in [1.29, 1.82) is 0 Å². The van der Waals surface area contributed by atoms with Gasteiger partial charge in [0.25, 0.3) is 0 Å². The summed E-state index contributed by atoms with van der Waals surface area (Å²) in [6.07, 6.45) is 8.05. The first-order chi connectivity index (χ1) is 6.58. The molecule has 0 spiro atoms. The average Bonchev–Trinajstić information content (AvgIpc) is 2.75. The van der Waals surface area contributed by atoms with E-state index in [1.165, 1.54) is 38.5 Å². The van der Waals surface area contributed by atoms with Crippen LogP contribution in [0.2, 0.25) is 0 Å². The Morgan fingerprint density at radius 2 is 1.86 bits per heavy atom. The first-order valence-corrected chi connectivity index (χ1v) is 6.96. The summed E-state index contributed by atoms with van der Waals surface area (Å²) in [4.78, 5) is 0. The van der Waals surface area contributed by atoms with Crippen LogP contribution in [0.5, 0.6) is 0 Å². The van der Waals surface area contributed by atoms with Crippen molar-refractivity contribution in [2.75, 3.05) is 5.33 Å². The lowest BCUT2D eigenvalue weighted by Crippen LogP contribution is -2.37. The minimum Gasteiger partial charge on any atom is -0.368 e. The summed E-state index contributed by atoms with van der Waals surface area (Å²) in [5.74, 6) is 0.823. The zero-order valence-corrected chi connectivity index (χ0v) is 10.9. The van der Waals surface area contributed by atoms with Crippen LogP contribution in [0.15, 0.2) is 0 Å². The van der Waals surface area contributed by atoms with Crippen LogP contribution >= 0.6 is 15.9 Å². The van der Waals surface area contributed by atoms with Crippen molar-refractivity contribution in [3.05, 3.63) is 0 Å². The molecule has 14 heavy (non-hydrogen) atoms. The third-order valence-electron chi connectivity index (χ3n) is 4.13. The van der Waals surface area contributed by atoms with E-state index in [1.54, 1.807) is 0 Å². The minimum absolute atomic E-state index is 0.0946. The summed E-state index contributed by atoms with van der Waals surface area (Å²) >= 11 is 3.57. The Labute approximate surface area is 95.7 Å². The maximum absolute atomic E-state index is 6.32. The molecule has 0 aromatic heterocycles. The lowest BCUT2D eigenvalue weighted by atomic mass is 9.85. The Morgan fingerprint density at radius 1 is 1.21 bits per heavy atom. The summed E-state index contributed by atoms with van der Waals surface area (Å²) in [6.45, 7) is 4.57. The van der Waals surface area contributed by atoms with E-state index in [9.17, 15) is 0 Å². The first-order valence-electron chi connectivity index (χ1n) is 5.84. The first kappa shape index (κ1) is 10.9. The third kappa shape index (κ3) is 1.88. The largest absolute Gasteiger partial charge is 0.368 e. The van der Waals surface area contributed by atoms with Crippen molar-refractivity contribution in [3.8, 4) is 0 Å². The van der Waals surface area contributed by atoms with Crippen LogP contribution in [0.25, 0.3) is 0 Å². The second-order valence-corrected chi connectivity index (χ2v) is 6.04. The molecule has 0 aromatic carbocycles. The maximum Gasteiger partial charge on any atom is 0.0759 e. The van der Waals surface area contributed by atoms with Crippen LogP contribution in [0.1, 0.15) is 52.4 Å². The molecule has 0 aromatic rings. The Kier molecular flexibility index (Phi) is 2.96. The van der Waals surface area contributed by atoms with E-state index in [4.69, 9.17) is 4.74 Å². The van der Waals surface area contributed by atoms with E-state index < -0.39 is 0 Å². The quantitative estimate of drug-likeness (QED) is 0.685. The van der Waals surface area contributed by atoms with E-state index >= 15 is 0 Å². The zero-order valence-electron chi connectivity index (χ0n) is 9.31. The molecule has 2 heteroatoms. The Balaban J connectivity index is 2.04. The SMILES string of the molecule is CC1(CBr)CCC(C)(C2CCCC2)O1. The highest BCUT2D eigenvalue weighted by atomic mass is 79.9. The lowest BCUT2D eigenvalue weighted by Gasteiger charge is -2.34. The van der Waals surface area contributed by atoms with Gasteiger partial charge in [0.05, 0.1) is 11.2 Å². The minimum atomic E-state index is 0.0946. The van der Waals surface area contributed by atoms with Gasteiger partial charge in [0.2, 0.25) is 0 Å². The second-order valence-electron chi connectivity index (χ2n) is 5.48. The fraction of sp³-hybridized carbons (Fsp3) is 1.00. The van der Waals surface area contributed by atoms with Gasteiger partial charge in [-0.2, -0.15) is 0 Å². The molecule has 1 saturated heterocycles. The van der Waals surface area contributed by atoms with Crippen LogP contribution in [-0.4, -0.2) is 16.5 Å². The van der Waals surface area contributed by atoms with Crippen molar-refractivity contribution in [1.82, 2.24) is 0 Å². The molecule has 0 bridgehead atoms. The van der Waals surface area contributed by atoms with E-state index in [2.05, 4.69) is 29.8 Å². The molecule has 1 heterocycles. The Morgan fingerprint density at radius 3 is 2.36 bits per heavy atom. The number of ether oxygens (including phenoxy) is 1. The molecule has 0 N–H and O–H groups in total. The molecule has 1 aliphatic heterocycles. The summed E-state index contributed by atoms with van der Waals surface area (Å²) in [6, 6.07) is 0. The van der Waals surface area contributed by atoms with Crippen molar-refractivity contribution in [2.45, 2.75) is 63.6 Å². The standard InChI is InChI=1S/C12H21BrO/c1-11(9-13)7-8-12(2,14-11)10-5-3-4-6-10/h10H,3-9H2,1-2H3. The molecule has 2 unspecified atom stereocenters. The van der Waals surface area contributed by atoms with Crippen LogP contribution in [0, 0.1) is 5.92 Å². The molecule has 2 aliphatic rings. The fourth-order valence-electron chi connectivity index (χ4n) is 3.10. The molecular formula is C12H21BrO. The van der Waals surface area contributed by atoms with Gasteiger partial charge in [-0.3, -0.25) is 0 Å². The van der Waals surface area contributed by atoms with E-state index in [-0.39, 0.29) is 11.2 Å². The maximum atomic E-state index is 6.32. The van der Waals surface area contributed by atoms with Gasteiger partial charge in [-0.1, -0.05) is 28.8 Å². The molecule has 2 fully saturated rings. The van der Waals surface area contributed by atoms with Gasteiger partial charge in [-0.05, 0) is 45.4 Å². The lowest BCUT2D eigenvalue weighted by molar-refractivity contribution is -0.102. The normalized spacial score (nSPS) is 44.8. The highest BCUT2D eigenvalue weighted by Gasteiger charge is 2.47. The highest BCUT2D eigenvalue weighted by molar-refractivity contribution is 9.09. The second kappa shape index (κ2) is 3.79. The summed E-state index contributed by atoms with van der Waals surface area (Å²) < 4.78 is 6.32. The molecule has 1 aliphatic carbocycles. The van der Waals surface area contributed by atoms with Gasteiger partial charge in [0.15, 0.2) is 0 Å². The zero-order chi connectivity index (χ0) is 10.2. The average molecular weight is 261 g/mol. The summed E-state index contributed by atoms with van der Waals surface area (Å²) in [5.41, 5.74) is 0.274. The van der Waals surface area contributed by atoms with Crippen LogP contribution in [0.4, 0.5) is 0 Å². The predicted molar refractivity (Wildman–Crippen MR) is 62.9 cm³/mol. The van der Waals surface area contributed by atoms with Crippen LogP contribution in [0.3, 0.4) is 0 Å². The molecule has 1 nitrogen and oxygen atoms in total. The smallest absolute Gasteiger partial charge is 0.0759 e. The van der Waals surface area contributed by atoms with Crippen molar-refractivity contribution < 1.29 is 4.74 Å². The van der Waals surface area contributed by atoms with Gasteiger partial charge in [-0.15, -0.1) is 0 Å². The molecule has 1 saturated carbocycles. The number of rotatable bonds is 2. The van der Waals surface area contributed by atoms with Gasteiger partial charge in [0, 0.05) is 5.33 Å². The van der Waals surface area contributed by atoms with Crippen LogP contribution < -0.4 is 0 Å². The molecule has 82 valence electrons. The van der Waals surface area contributed by atoms with Gasteiger partial charge in [-0.25, -0.2) is 0 Å². The molecule has 0 radical (unpaired) electrons. The molecule has 2 rings (SSSR count). The predicted octanol–water partition coefficient (Wildman–Crippen LogP) is 3.90. The molecule has 0 amide bonds.